The van der Waals surface area contributed by atoms with Gasteiger partial charge in [0.2, 0.25) is 0 Å². The molecule has 2 aliphatic rings. The van der Waals surface area contributed by atoms with E-state index >= 15 is 0 Å². The summed E-state index contributed by atoms with van der Waals surface area (Å²) in [6.07, 6.45) is 5.95. The first-order chi connectivity index (χ1) is 11.6. The molecule has 0 radical (unpaired) electrons. The van der Waals surface area contributed by atoms with Crippen LogP contribution in [0.2, 0.25) is 0 Å². The highest BCUT2D eigenvalue weighted by Crippen LogP contribution is 2.42. The Bertz CT molecular complexity index is 737. The molecule has 2 amide bonds. The van der Waals surface area contributed by atoms with E-state index in [1.807, 2.05) is 23.4 Å². The van der Waals surface area contributed by atoms with E-state index in [1.54, 1.807) is 17.7 Å². The number of rotatable bonds is 4. The highest BCUT2D eigenvalue weighted by Gasteiger charge is 2.39. The number of aromatic nitrogens is 4. The molecule has 1 saturated heterocycles. The number of urea groups is 1. The maximum Gasteiger partial charge on any atom is 0.318 e. The predicted molar refractivity (Wildman–Crippen MR) is 90.5 cm³/mol. The summed E-state index contributed by atoms with van der Waals surface area (Å²) in [5.41, 5.74) is 1.02. The molecule has 0 aromatic carbocycles. The SMILES string of the molecule is Cc1csc([C@H](NC(=O)N2CCC[C@H]2c2nncn2C)C2CC2)n1. The van der Waals surface area contributed by atoms with Gasteiger partial charge in [-0.3, -0.25) is 0 Å². The Morgan fingerprint density at radius 2 is 2.25 bits per heavy atom. The van der Waals surface area contributed by atoms with Gasteiger partial charge < -0.3 is 14.8 Å². The van der Waals surface area contributed by atoms with Crippen LogP contribution in [0.3, 0.4) is 0 Å². The van der Waals surface area contributed by atoms with Gasteiger partial charge >= 0.3 is 6.03 Å². The van der Waals surface area contributed by atoms with E-state index in [9.17, 15) is 4.79 Å². The largest absolute Gasteiger partial charge is 0.328 e. The lowest BCUT2D eigenvalue weighted by Gasteiger charge is -2.26. The molecule has 2 aromatic heterocycles. The number of likely N-dealkylation sites (tertiary alicyclic amines) is 1. The first kappa shape index (κ1) is 15.6. The van der Waals surface area contributed by atoms with Crippen LogP contribution in [-0.4, -0.2) is 37.2 Å². The van der Waals surface area contributed by atoms with Gasteiger partial charge in [0, 0.05) is 24.7 Å². The summed E-state index contributed by atoms with van der Waals surface area (Å²) >= 11 is 1.64. The van der Waals surface area contributed by atoms with Gasteiger partial charge in [-0.15, -0.1) is 21.5 Å². The van der Waals surface area contributed by atoms with E-state index in [0.717, 1.165) is 48.8 Å². The summed E-state index contributed by atoms with van der Waals surface area (Å²) in [4.78, 5) is 19.4. The van der Waals surface area contributed by atoms with Crippen molar-refractivity contribution in [1.29, 1.82) is 0 Å². The van der Waals surface area contributed by atoms with Crippen molar-refractivity contribution in [2.75, 3.05) is 6.54 Å². The van der Waals surface area contributed by atoms with Crippen molar-refractivity contribution >= 4 is 17.4 Å². The third-order valence-electron chi connectivity index (χ3n) is 4.83. The summed E-state index contributed by atoms with van der Waals surface area (Å²) in [5, 5.41) is 14.5. The summed E-state index contributed by atoms with van der Waals surface area (Å²) in [6.45, 7) is 2.76. The fourth-order valence-corrected chi connectivity index (χ4v) is 4.35. The number of nitrogens with one attached hydrogen (secondary N) is 1. The summed E-state index contributed by atoms with van der Waals surface area (Å²) < 4.78 is 1.90. The van der Waals surface area contributed by atoms with E-state index in [4.69, 9.17) is 0 Å². The van der Waals surface area contributed by atoms with Gasteiger partial charge in [0.15, 0.2) is 5.82 Å². The van der Waals surface area contributed by atoms with Gasteiger partial charge in [-0.2, -0.15) is 0 Å². The molecule has 24 heavy (non-hydrogen) atoms. The number of carbonyl (C=O) groups is 1. The number of nitrogens with zero attached hydrogens (tertiary/aromatic N) is 5. The zero-order valence-electron chi connectivity index (χ0n) is 14.0. The Hall–Kier alpha value is -1.96. The average molecular weight is 346 g/mol. The molecule has 1 saturated carbocycles. The average Bonchev–Trinajstić information content (AvgIpc) is 2.95. The van der Waals surface area contributed by atoms with E-state index in [2.05, 4.69) is 25.9 Å². The van der Waals surface area contributed by atoms with Gasteiger partial charge in [0.05, 0.1) is 12.1 Å². The zero-order valence-corrected chi connectivity index (χ0v) is 14.8. The molecule has 0 unspecified atom stereocenters. The third kappa shape index (κ3) is 2.90. The molecule has 2 fully saturated rings. The molecule has 3 heterocycles. The molecule has 2 aromatic rings. The maximum atomic E-state index is 12.9. The third-order valence-corrected chi connectivity index (χ3v) is 5.88. The molecule has 0 bridgehead atoms. The quantitative estimate of drug-likeness (QED) is 0.923. The molecule has 8 heteroatoms. The minimum absolute atomic E-state index is 0.00902. The van der Waals surface area contributed by atoms with Crippen molar-refractivity contribution in [3.63, 3.8) is 0 Å². The maximum absolute atomic E-state index is 12.9. The molecule has 7 nitrogen and oxygen atoms in total. The Labute approximate surface area is 145 Å². The van der Waals surface area contributed by atoms with Crippen molar-refractivity contribution in [3.05, 3.63) is 28.2 Å². The van der Waals surface area contributed by atoms with Crippen LogP contribution in [0, 0.1) is 12.8 Å². The van der Waals surface area contributed by atoms with Crippen LogP contribution in [0.5, 0.6) is 0 Å². The molecule has 1 N–H and O–H groups in total. The Morgan fingerprint density at radius 3 is 2.88 bits per heavy atom. The second-order valence-corrected chi connectivity index (χ2v) is 7.63. The number of amides is 2. The second kappa shape index (κ2) is 6.16. The topological polar surface area (TPSA) is 75.9 Å². The number of hydrogen-bond donors (Lipinski definition) is 1. The number of thiazole rings is 1. The van der Waals surface area contributed by atoms with Gasteiger partial charge in [0.25, 0.3) is 0 Å². The van der Waals surface area contributed by atoms with Crippen LogP contribution in [0.1, 0.15) is 54.3 Å². The summed E-state index contributed by atoms with van der Waals surface area (Å²) in [5.74, 6) is 1.38. The minimum Gasteiger partial charge on any atom is -0.328 e. The van der Waals surface area contributed by atoms with Crippen molar-refractivity contribution in [1.82, 2.24) is 30.0 Å². The van der Waals surface area contributed by atoms with Crippen LogP contribution < -0.4 is 5.32 Å². The van der Waals surface area contributed by atoms with E-state index in [1.165, 1.54) is 0 Å². The van der Waals surface area contributed by atoms with Crippen LogP contribution >= 0.6 is 11.3 Å². The molecule has 4 rings (SSSR count). The van der Waals surface area contributed by atoms with Crippen LogP contribution in [0.15, 0.2) is 11.7 Å². The Kier molecular flexibility index (Phi) is 3.99. The van der Waals surface area contributed by atoms with Crippen molar-refractivity contribution in [2.24, 2.45) is 13.0 Å². The fourth-order valence-electron chi connectivity index (χ4n) is 3.41. The summed E-state index contributed by atoms with van der Waals surface area (Å²) in [7, 11) is 1.93. The predicted octanol–water partition coefficient (Wildman–Crippen LogP) is 2.58. The van der Waals surface area contributed by atoms with Crippen molar-refractivity contribution in [3.8, 4) is 0 Å². The van der Waals surface area contributed by atoms with Crippen LogP contribution in [0.25, 0.3) is 0 Å². The van der Waals surface area contributed by atoms with Gasteiger partial charge in [-0.25, -0.2) is 9.78 Å². The first-order valence-electron chi connectivity index (χ1n) is 8.46. The van der Waals surface area contributed by atoms with E-state index in [-0.39, 0.29) is 18.1 Å². The standard InChI is InChI=1S/C16H22N6OS/c1-10-8-24-15(18-10)13(11-5-6-11)19-16(23)22-7-3-4-12(22)14-20-17-9-21(14)2/h8-9,11-13H,3-7H2,1-2H3,(H,19,23)/t12-,13+/m0/s1. The number of carbonyl (C=O) groups excluding carboxylic acids is 1. The molecule has 2 atom stereocenters. The lowest BCUT2D eigenvalue weighted by molar-refractivity contribution is 0.184. The molecule has 1 aliphatic heterocycles. The van der Waals surface area contributed by atoms with Gasteiger partial charge in [-0.1, -0.05) is 0 Å². The molecule has 1 aliphatic carbocycles. The van der Waals surface area contributed by atoms with E-state index < -0.39 is 0 Å². The van der Waals surface area contributed by atoms with Gasteiger partial charge in [0.1, 0.15) is 11.3 Å². The highest BCUT2D eigenvalue weighted by molar-refractivity contribution is 7.09. The van der Waals surface area contributed by atoms with Crippen LogP contribution in [0.4, 0.5) is 4.79 Å². The lowest BCUT2D eigenvalue weighted by Crippen LogP contribution is -2.42. The molecular formula is C16H22N6OS. The smallest absolute Gasteiger partial charge is 0.318 e. The van der Waals surface area contributed by atoms with Gasteiger partial charge in [-0.05, 0) is 38.5 Å². The molecule has 0 spiro atoms. The van der Waals surface area contributed by atoms with Crippen LogP contribution in [-0.2, 0) is 7.05 Å². The molecule has 128 valence electrons. The lowest BCUT2D eigenvalue weighted by atomic mass is 10.2. The van der Waals surface area contributed by atoms with Crippen molar-refractivity contribution < 1.29 is 4.79 Å². The zero-order chi connectivity index (χ0) is 16.7. The molecular weight excluding hydrogens is 324 g/mol. The second-order valence-electron chi connectivity index (χ2n) is 6.74. The van der Waals surface area contributed by atoms with E-state index in [0.29, 0.717) is 5.92 Å². The minimum atomic E-state index is -0.00902. The normalized spacial score (nSPS) is 21.9. The monoisotopic (exact) mass is 346 g/mol. The highest BCUT2D eigenvalue weighted by atomic mass is 32.1. The number of hydrogen-bond acceptors (Lipinski definition) is 5. The summed E-state index contributed by atoms with van der Waals surface area (Å²) in [6, 6.07) is 0.0394. The number of aryl methyl sites for hydroxylation is 2. The fraction of sp³-hybridized carbons (Fsp3) is 0.625. The Morgan fingerprint density at radius 1 is 1.42 bits per heavy atom. The van der Waals surface area contributed by atoms with Crippen molar-refractivity contribution in [2.45, 2.75) is 44.7 Å². The first-order valence-corrected chi connectivity index (χ1v) is 9.34. The Balaban J connectivity index is 1.51.